The van der Waals surface area contributed by atoms with Crippen LogP contribution in [0.1, 0.15) is 0 Å². The van der Waals surface area contributed by atoms with Gasteiger partial charge in [0.15, 0.2) is 11.8 Å². The number of aromatic amines is 1. The van der Waals surface area contributed by atoms with Crippen LogP contribution in [-0.4, -0.2) is 77.4 Å². The van der Waals surface area contributed by atoms with Crippen LogP contribution in [0.4, 0.5) is 0 Å². The second-order valence-electron chi connectivity index (χ2n) is 8.90. The number of ether oxygens (including phenoxy) is 3. The van der Waals surface area contributed by atoms with E-state index >= 15 is 0 Å². The molecule has 1 unspecified atom stereocenters. The van der Waals surface area contributed by atoms with Crippen molar-refractivity contribution in [3.05, 3.63) is 66.3 Å². The minimum atomic E-state index is -0.640. The molecule has 2 aliphatic heterocycles. The summed E-state index contributed by atoms with van der Waals surface area (Å²) in [5.41, 5.74) is 4.60. The molecule has 2 fully saturated rings. The van der Waals surface area contributed by atoms with Crippen molar-refractivity contribution in [2.45, 2.75) is 24.4 Å². The molecule has 1 aromatic carbocycles. The SMILES string of the molecule is O[C@@H]1COC2[C@H](Oc3nc4nc(-c5ccc(-c6ccc(-n7cnnc7)nc6)cc5)c(Cl)cc4[nH]3)CO[C@@H]21. The average molecular weight is 518 g/mol. The lowest BCUT2D eigenvalue weighted by Crippen LogP contribution is -2.34. The highest BCUT2D eigenvalue weighted by Crippen LogP contribution is 2.33. The summed E-state index contributed by atoms with van der Waals surface area (Å²) in [4.78, 5) is 16.8. The summed E-state index contributed by atoms with van der Waals surface area (Å²) in [6, 6.07) is 13.9. The summed E-state index contributed by atoms with van der Waals surface area (Å²) in [6.45, 7) is 0.550. The van der Waals surface area contributed by atoms with Crippen molar-refractivity contribution in [1.29, 1.82) is 0 Å². The monoisotopic (exact) mass is 517 g/mol. The molecule has 0 aliphatic carbocycles. The van der Waals surface area contributed by atoms with Gasteiger partial charge in [-0.3, -0.25) is 4.57 Å². The first-order valence-corrected chi connectivity index (χ1v) is 12.1. The fourth-order valence-corrected chi connectivity index (χ4v) is 4.95. The van der Waals surface area contributed by atoms with Crippen molar-refractivity contribution in [3.8, 4) is 34.2 Å². The third-order valence-electron chi connectivity index (χ3n) is 6.57. The first-order valence-electron chi connectivity index (χ1n) is 11.7. The summed E-state index contributed by atoms with van der Waals surface area (Å²) in [5.74, 6) is 0.741. The van der Waals surface area contributed by atoms with Crippen LogP contribution in [-0.2, 0) is 9.47 Å². The van der Waals surface area contributed by atoms with E-state index < -0.39 is 6.10 Å². The summed E-state index contributed by atoms with van der Waals surface area (Å²) in [6.07, 6.45) is 3.30. The van der Waals surface area contributed by atoms with E-state index in [-0.39, 0.29) is 24.9 Å². The van der Waals surface area contributed by atoms with Crippen molar-refractivity contribution in [3.63, 3.8) is 0 Å². The highest BCUT2D eigenvalue weighted by molar-refractivity contribution is 6.33. The summed E-state index contributed by atoms with van der Waals surface area (Å²) in [5, 5.41) is 18.0. The van der Waals surface area contributed by atoms with Gasteiger partial charge in [0, 0.05) is 17.3 Å². The molecule has 186 valence electrons. The van der Waals surface area contributed by atoms with Gasteiger partial charge >= 0.3 is 0 Å². The van der Waals surface area contributed by atoms with E-state index in [0.29, 0.717) is 34.5 Å². The Hall–Kier alpha value is -3.90. The Kier molecular flexibility index (Phi) is 5.36. The number of halogens is 1. The molecule has 12 heteroatoms. The maximum absolute atomic E-state index is 9.93. The lowest BCUT2D eigenvalue weighted by atomic mass is 10.0. The predicted molar refractivity (Wildman–Crippen MR) is 132 cm³/mol. The van der Waals surface area contributed by atoms with E-state index in [9.17, 15) is 5.11 Å². The highest BCUT2D eigenvalue weighted by Gasteiger charge is 2.48. The van der Waals surface area contributed by atoms with Gasteiger partial charge < -0.3 is 24.3 Å². The molecule has 0 saturated carbocycles. The summed E-state index contributed by atoms with van der Waals surface area (Å²) < 4.78 is 19.0. The van der Waals surface area contributed by atoms with Crippen LogP contribution in [0.2, 0.25) is 5.02 Å². The van der Waals surface area contributed by atoms with Crippen LogP contribution in [0.15, 0.2) is 61.3 Å². The molecule has 0 amide bonds. The predicted octanol–water partition coefficient (Wildman–Crippen LogP) is 2.83. The number of H-pyrrole nitrogens is 1. The molecular formula is C25H20ClN7O4. The van der Waals surface area contributed by atoms with Gasteiger partial charge in [0.2, 0.25) is 0 Å². The Balaban J connectivity index is 1.11. The van der Waals surface area contributed by atoms with Gasteiger partial charge in [-0.05, 0) is 23.8 Å². The molecule has 4 aromatic heterocycles. The van der Waals surface area contributed by atoms with Gasteiger partial charge in [0.05, 0.1) is 29.4 Å². The fraction of sp³-hybridized carbons (Fsp3) is 0.240. The maximum Gasteiger partial charge on any atom is 0.296 e. The number of aliphatic hydroxyl groups excluding tert-OH is 1. The van der Waals surface area contributed by atoms with E-state index in [0.717, 1.165) is 22.5 Å². The first kappa shape index (κ1) is 22.3. The Morgan fingerprint density at radius 1 is 0.946 bits per heavy atom. The molecule has 37 heavy (non-hydrogen) atoms. The van der Waals surface area contributed by atoms with Gasteiger partial charge in [0.1, 0.15) is 36.8 Å². The topological polar surface area (TPSA) is 133 Å². The van der Waals surface area contributed by atoms with E-state index in [1.165, 1.54) is 0 Å². The summed E-state index contributed by atoms with van der Waals surface area (Å²) in [7, 11) is 0. The smallest absolute Gasteiger partial charge is 0.296 e. The van der Waals surface area contributed by atoms with Crippen LogP contribution < -0.4 is 4.74 Å². The number of rotatable bonds is 5. The number of imidazole rings is 1. The molecule has 0 radical (unpaired) electrons. The molecule has 2 N–H and O–H groups in total. The van der Waals surface area contributed by atoms with Crippen LogP contribution in [0, 0.1) is 0 Å². The zero-order chi connectivity index (χ0) is 24.9. The van der Waals surface area contributed by atoms with Crippen molar-refractivity contribution in [1.82, 2.24) is 34.7 Å². The molecule has 0 spiro atoms. The number of nitrogens with zero attached hydrogens (tertiary/aromatic N) is 6. The lowest BCUT2D eigenvalue weighted by Gasteiger charge is -2.15. The van der Waals surface area contributed by atoms with E-state index in [1.807, 2.05) is 42.6 Å². The molecule has 0 bridgehead atoms. The highest BCUT2D eigenvalue weighted by atomic mass is 35.5. The number of nitrogens with one attached hydrogen (secondary N) is 1. The molecule has 11 nitrogen and oxygen atoms in total. The Bertz CT molecular complexity index is 1560. The Morgan fingerprint density at radius 3 is 2.49 bits per heavy atom. The zero-order valence-corrected chi connectivity index (χ0v) is 20.0. The summed E-state index contributed by atoms with van der Waals surface area (Å²) >= 11 is 6.59. The van der Waals surface area contributed by atoms with Gasteiger partial charge in [0.25, 0.3) is 6.01 Å². The Morgan fingerprint density at radius 2 is 1.70 bits per heavy atom. The van der Waals surface area contributed by atoms with Crippen molar-refractivity contribution >= 4 is 22.8 Å². The minimum Gasteiger partial charge on any atom is -0.456 e. The standard InChI is InChI=1S/C25H20ClN7O4/c26-16-7-17-24(32-25(30-17)37-19-10-36-22-18(34)9-35-23(19)22)31-21(16)14-3-1-13(2-4-14)15-5-6-20(27-8-15)33-11-28-29-12-33/h1-8,11-12,18-19,22-23,34H,9-10H2,(H,30,31,32)/t18-,19-,22-,23?/m1/s1. The van der Waals surface area contributed by atoms with Gasteiger partial charge in [-0.15, -0.1) is 10.2 Å². The van der Waals surface area contributed by atoms with Crippen LogP contribution in [0.25, 0.3) is 39.4 Å². The number of benzene rings is 1. The number of aromatic nitrogens is 7. The molecule has 5 aromatic rings. The third-order valence-corrected chi connectivity index (χ3v) is 6.86. The van der Waals surface area contributed by atoms with Gasteiger partial charge in [-0.1, -0.05) is 35.9 Å². The van der Waals surface area contributed by atoms with Crippen molar-refractivity contribution in [2.24, 2.45) is 0 Å². The molecular weight excluding hydrogens is 498 g/mol. The molecule has 4 atom stereocenters. The first-order chi connectivity index (χ1) is 18.1. The fourth-order valence-electron chi connectivity index (χ4n) is 4.69. The number of fused-ring (bicyclic) bond motifs is 2. The molecule has 2 aliphatic rings. The van der Waals surface area contributed by atoms with E-state index in [2.05, 4.69) is 30.1 Å². The van der Waals surface area contributed by atoms with E-state index in [4.69, 9.17) is 25.8 Å². The number of hydrogen-bond acceptors (Lipinski definition) is 9. The van der Waals surface area contributed by atoms with Crippen molar-refractivity contribution < 1.29 is 19.3 Å². The zero-order valence-electron chi connectivity index (χ0n) is 19.2. The third kappa shape index (κ3) is 4.02. The minimum absolute atomic E-state index is 0.236. The average Bonchev–Trinajstić information content (AvgIpc) is 3.71. The quantitative estimate of drug-likeness (QED) is 0.361. The Labute approximate surface area is 215 Å². The number of aliphatic hydroxyl groups is 1. The largest absolute Gasteiger partial charge is 0.456 e. The second kappa shape index (κ2) is 8.89. The van der Waals surface area contributed by atoms with E-state index in [1.54, 1.807) is 23.3 Å². The van der Waals surface area contributed by atoms with Crippen LogP contribution in [0.5, 0.6) is 6.01 Å². The van der Waals surface area contributed by atoms with Gasteiger partial charge in [-0.25, -0.2) is 9.97 Å². The van der Waals surface area contributed by atoms with Crippen LogP contribution in [0.3, 0.4) is 0 Å². The molecule has 6 heterocycles. The lowest BCUT2D eigenvalue weighted by molar-refractivity contribution is 0.00706. The molecule has 2 saturated heterocycles. The second-order valence-corrected chi connectivity index (χ2v) is 9.31. The van der Waals surface area contributed by atoms with Gasteiger partial charge in [-0.2, -0.15) is 4.98 Å². The van der Waals surface area contributed by atoms with Crippen LogP contribution >= 0.6 is 11.6 Å². The number of pyridine rings is 2. The maximum atomic E-state index is 9.93. The normalized spacial score (nSPS) is 23.0. The molecule has 7 rings (SSSR count). The number of hydrogen-bond donors (Lipinski definition) is 2. The van der Waals surface area contributed by atoms with Crippen molar-refractivity contribution in [2.75, 3.05) is 13.2 Å².